The van der Waals surface area contributed by atoms with Gasteiger partial charge in [0.25, 0.3) is 5.91 Å². The highest BCUT2D eigenvalue weighted by molar-refractivity contribution is 6.06. The van der Waals surface area contributed by atoms with E-state index in [2.05, 4.69) is 5.32 Å². The first-order valence-corrected chi connectivity index (χ1v) is 5.94. The lowest BCUT2D eigenvalue weighted by molar-refractivity contribution is 0.102. The van der Waals surface area contributed by atoms with Crippen LogP contribution in [0.5, 0.6) is 5.75 Å². The van der Waals surface area contributed by atoms with E-state index in [-0.39, 0.29) is 17.2 Å². The highest BCUT2D eigenvalue weighted by Crippen LogP contribution is 2.22. The first kappa shape index (κ1) is 13.0. The number of hydrogen-bond donors (Lipinski definition) is 3. The molecule has 98 valence electrons. The largest absolute Gasteiger partial charge is 0.507 e. The molecule has 4 nitrogen and oxygen atoms in total. The molecule has 2 aromatic carbocycles. The quantitative estimate of drug-likeness (QED) is 0.571. The summed E-state index contributed by atoms with van der Waals surface area (Å²) < 4.78 is 0. The lowest BCUT2D eigenvalue weighted by Gasteiger charge is -2.09. The molecule has 0 spiro atoms. The predicted molar refractivity (Wildman–Crippen MR) is 76.4 cm³/mol. The van der Waals surface area contributed by atoms with Crippen molar-refractivity contribution in [2.24, 2.45) is 0 Å². The fourth-order valence-electron chi connectivity index (χ4n) is 1.75. The van der Waals surface area contributed by atoms with Crippen molar-refractivity contribution in [3.63, 3.8) is 0 Å². The van der Waals surface area contributed by atoms with Gasteiger partial charge in [-0.05, 0) is 55.3 Å². The van der Waals surface area contributed by atoms with Gasteiger partial charge in [0.1, 0.15) is 5.75 Å². The number of nitrogens with one attached hydrogen (secondary N) is 1. The lowest BCUT2D eigenvalue weighted by atomic mass is 10.1. The van der Waals surface area contributed by atoms with Crippen LogP contribution in [0.4, 0.5) is 11.4 Å². The number of carbonyl (C=O) groups is 1. The zero-order valence-corrected chi connectivity index (χ0v) is 10.9. The molecule has 2 aromatic rings. The molecular formula is C15H16N2O2. The molecular weight excluding hydrogens is 240 g/mol. The standard InChI is InChI=1S/C15H16N2O2/c1-9-3-5-12(7-10(9)2)17-15(19)13-8-11(16)4-6-14(13)18/h3-8,18H,16H2,1-2H3,(H,17,19). The van der Waals surface area contributed by atoms with Crippen molar-refractivity contribution in [1.82, 2.24) is 0 Å². The second kappa shape index (κ2) is 5.02. The van der Waals surface area contributed by atoms with Gasteiger partial charge in [0, 0.05) is 11.4 Å². The minimum Gasteiger partial charge on any atom is -0.507 e. The van der Waals surface area contributed by atoms with Crippen LogP contribution in [0.25, 0.3) is 0 Å². The normalized spacial score (nSPS) is 10.2. The van der Waals surface area contributed by atoms with Gasteiger partial charge in [-0.15, -0.1) is 0 Å². The summed E-state index contributed by atoms with van der Waals surface area (Å²) in [6.07, 6.45) is 0. The Labute approximate surface area is 111 Å². The van der Waals surface area contributed by atoms with Crippen molar-refractivity contribution in [3.05, 3.63) is 53.1 Å². The van der Waals surface area contributed by atoms with Gasteiger partial charge in [-0.1, -0.05) is 6.07 Å². The molecule has 0 fully saturated rings. The Balaban J connectivity index is 2.25. The Kier molecular flexibility index (Phi) is 3.42. The lowest BCUT2D eigenvalue weighted by Crippen LogP contribution is -2.12. The molecule has 0 saturated carbocycles. The maximum Gasteiger partial charge on any atom is 0.259 e. The predicted octanol–water partition coefficient (Wildman–Crippen LogP) is 2.84. The van der Waals surface area contributed by atoms with Crippen LogP contribution in [0, 0.1) is 13.8 Å². The average Bonchev–Trinajstić information content (AvgIpc) is 2.36. The van der Waals surface area contributed by atoms with Crippen LogP contribution in [0.1, 0.15) is 21.5 Å². The Bertz CT molecular complexity index is 636. The molecule has 19 heavy (non-hydrogen) atoms. The fraction of sp³-hybridized carbons (Fsp3) is 0.133. The van der Waals surface area contributed by atoms with Crippen molar-refractivity contribution < 1.29 is 9.90 Å². The highest BCUT2D eigenvalue weighted by atomic mass is 16.3. The van der Waals surface area contributed by atoms with Gasteiger partial charge in [-0.2, -0.15) is 0 Å². The topological polar surface area (TPSA) is 75.4 Å². The van der Waals surface area contributed by atoms with Crippen LogP contribution < -0.4 is 11.1 Å². The van der Waals surface area contributed by atoms with Gasteiger partial charge in [-0.25, -0.2) is 0 Å². The maximum absolute atomic E-state index is 12.1. The van der Waals surface area contributed by atoms with Gasteiger partial charge >= 0.3 is 0 Å². The molecule has 4 heteroatoms. The number of benzene rings is 2. The average molecular weight is 256 g/mol. The van der Waals surface area contributed by atoms with Gasteiger partial charge in [0.15, 0.2) is 0 Å². The van der Waals surface area contributed by atoms with Gasteiger partial charge in [-0.3, -0.25) is 4.79 Å². The number of phenols is 1. The van der Waals surface area contributed by atoms with Crippen LogP contribution in [0.3, 0.4) is 0 Å². The van der Waals surface area contributed by atoms with Gasteiger partial charge in [0.05, 0.1) is 5.56 Å². The molecule has 2 rings (SSSR count). The molecule has 0 aliphatic heterocycles. The number of hydrogen-bond acceptors (Lipinski definition) is 3. The van der Waals surface area contributed by atoms with Gasteiger partial charge in [0.2, 0.25) is 0 Å². The van der Waals surface area contributed by atoms with E-state index in [1.807, 2.05) is 32.0 Å². The number of carbonyl (C=O) groups excluding carboxylic acids is 1. The molecule has 0 aromatic heterocycles. The second-order valence-corrected chi connectivity index (χ2v) is 4.53. The minimum atomic E-state index is -0.381. The monoisotopic (exact) mass is 256 g/mol. The maximum atomic E-state index is 12.1. The number of aromatic hydroxyl groups is 1. The van der Waals surface area contributed by atoms with Crippen molar-refractivity contribution in [2.75, 3.05) is 11.1 Å². The van der Waals surface area contributed by atoms with Gasteiger partial charge < -0.3 is 16.2 Å². The third-order valence-electron chi connectivity index (χ3n) is 3.03. The third kappa shape index (κ3) is 2.85. The van der Waals surface area contributed by atoms with E-state index in [1.165, 1.54) is 12.1 Å². The Morgan fingerprint density at radius 3 is 2.53 bits per heavy atom. The SMILES string of the molecule is Cc1ccc(NC(=O)c2cc(N)ccc2O)cc1C. The number of phenolic OH excluding ortho intramolecular Hbond substituents is 1. The van der Waals surface area contributed by atoms with E-state index in [0.717, 1.165) is 11.1 Å². The van der Waals surface area contributed by atoms with Crippen LogP contribution in [0.2, 0.25) is 0 Å². The van der Waals surface area contributed by atoms with Crippen molar-refractivity contribution >= 4 is 17.3 Å². The molecule has 0 heterocycles. The summed E-state index contributed by atoms with van der Waals surface area (Å²) in [6.45, 7) is 3.98. The molecule has 1 amide bonds. The number of aryl methyl sites for hydroxylation is 2. The van der Waals surface area contributed by atoms with E-state index in [1.54, 1.807) is 6.07 Å². The Morgan fingerprint density at radius 2 is 1.84 bits per heavy atom. The molecule has 0 aliphatic carbocycles. The zero-order chi connectivity index (χ0) is 14.0. The van der Waals surface area contributed by atoms with Crippen LogP contribution in [-0.4, -0.2) is 11.0 Å². The van der Waals surface area contributed by atoms with Crippen LogP contribution in [-0.2, 0) is 0 Å². The summed E-state index contributed by atoms with van der Waals surface area (Å²) in [5.41, 5.74) is 9.15. The van der Waals surface area contributed by atoms with E-state index in [0.29, 0.717) is 11.4 Å². The number of rotatable bonds is 2. The number of anilines is 2. The molecule has 0 unspecified atom stereocenters. The summed E-state index contributed by atoms with van der Waals surface area (Å²) in [6, 6.07) is 10.0. The Hall–Kier alpha value is -2.49. The summed E-state index contributed by atoms with van der Waals surface area (Å²) in [7, 11) is 0. The molecule has 0 atom stereocenters. The summed E-state index contributed by atoms with van der Waals surface area (Å²) in [5, 5.41) is 12.4. The van der Waals surface area contributed by atoms with E-state index in [9.17, 15) is 9.90 Å². The first-order valence-electron chi connectivity index (χ1n) is 5.94. The summed E-state index contributed by atoms with van der Waals surface area (Å²) >= 11 is 0. The molecule has 0 radical (unpaired) electrons. The molecule has 0 aliphatic rings. The van der Waals surface area contributed by atoms with E-state index >= 15 is 0 Å². The third-order valence-corrected chi connectivity index (χ3v) is 3.03. The first-order chi connectivity index (χ1) is 8.97. The second-order valence-electron chi connectivity index (χ2n) is 4.53. The van der Waals surface area contributed by atoms with Crippen molar-refractivity contribution in [3.8, 4) is 5.75 Å². The highest BCUT2D eigenvalue weighted by Gasteiger charge is 2.11. The summed E-state index contributed by atoms with van der Waals surface area (Å²) in [4.78, 5) is 12.1. The minimum absolute atomic E-state index is 0.0875. The summed E-state index contributed by atoms with van der Waals surface area (Å²) in [5.74, 6) is -0.469. The number of nitrogen functional groups attached to an aromatic ring is 1. The smallest absolute Gasteiger partial charge is 0.259 e. The fourth-order valence-corrected chi connectivity index (χ4v) is 1.75. The number of nitrogens with two attached hydrogens (primary N) is 1. The van der Waals surface area contributed by atoms with E-state index in [4.69, 9.17) is 5.73 Å². The molecule has 0 bridgehead atoms. The Morgan fingerprint density at radius 1 is 1.11 bits per heavy atom. The molecule has 4 N–H and O–H groups in total. The van der Waals surface area contributed by atoms with Crippen molar-refractivity contribution in [2.45, 2.75) is 13.8 Å². The molecule has 0 saturated heterocycles. The van der Waals surface area contributed by atoms with Crippen LogP contribution in [0.15, 0.2) is 36.4 Å². The number of amides is 1. The van der Waals surface area contributed by atoms with Crippen LogP contribution >= 0.6 is 0 Å². The zero-order valence-electron chi connectivity index (χ0n) is 10.9. The van der Waals surface area contributed by atoms with Crippen molar-refractivity contribution in [1.29, 1.82) is 0 Å². The van der Waals surface area contributed by atoms with E-state index < -0.39 is 0 Å².